The zero-order chi connectivity index (χ0) is 6.85. The maximum Gasteiger partial charge on any atom is 1.00 e. The number of hydrogen-bond donors (Lipinski definition) is 1. The SMILES string of the molecule is CC1CC(=O)NC(=S)[N-]1.[Na+]. The van der Waals surface area contributed by atoms with Crippen molar-refractivity contribution < 1.29 is 34.4 Å². The van der Waals surface area contributed by atoms with Crippen LogP contribution in [0.4, 0.5) is 0 Å². The molecule has 0 aromatic carbocycles. The van der Waals surface area contributed by atoms with E-state index in [0.717, 1.165) is 0 Å². The van der Waals surface area contributed by atoms with Crippen LogP contribution >= 0.6 is 12.2 Å². The zero-order valence-corrected chi connectivity index (χ0v) is 8.86. The number of nitrogens with one attached hydrogen (secondary N) is 1. The zero-order valence-electron chi connectivity index (χ0n) is 6.05. The number of carbonyl (C=O) groups is 1. The summed E-state index contributed by atoms with van der Waals surface area (Å²) in [5, 5.41) is 6.69. The molecule has 5 heteroatoms. The van der Waals surface area contributed by atoms with Crippen LogP contribution in [0.2, 0.25) is 0 Å². The van der Waals surface area contributed by atoms with E-state index >= 15 is 0 Å². The van der Waals surface area contributed by atoms with Crippen LogP contribution < -0.4 is 34.9 Å². The van der Waals surface area contributed by atoms with Crippen LogP contribution in [-0.4, -0.2) is 17.1 Å². The summed E-state index contributed by atoms with van der Waals surface area (Å²) in [7, 11) is 0. The second-order valence-corrected chi connectivity index (χ2v) is 2.42. The normalized spacial score (nSPS) is 24.3. The monoisotopic (exact) mass is 166 g/mol. The van der Waals surface area contributed by atoms with Gasteiger partial charge in [-0.25, -0.2) is 0 Å². The van der Waals surface area contributed by atoms with E-state index in [4.69, 9.17) is 0 Å². The van der Waals surface area contributed by atoms with Gasteiger partial charge < -0.3 is 10.6 Å². The predicted molar refractivity (Wildman–Crippen MR) is 38.2 cm³/mol. The van der Waals surface area contributed by atoms with E-state index in [9.17, 15) is 4.79 Å². The van der Waals surface area contributed by atoms with E-state index in [1.165, 1.54) is 0 Å². The van der Waals surface area contributed by atoms with Crippen LogP contribution in [0.15, 0.2) is 0 Å². The van der Waals surface area contributed by atoms with Gasteiger partial charge in [-0.3, -0.25) is 4.79 Å². The van der Waals surface area contributed by atoms with Gasteiger partial charge in [0.15, 0.2) is 0 Å². The number of hydrogen-bond acceptors (Lipinski definition) is 2. The number of carbonyl (C=O) groups excluding carboxylic acids is 1. The molecule has 0 spiro atoms. The Kier molecular flexibility index (Phi) is 4.44. The topological polar surface area (TPSA) is 43.2 Å². The summed E-state index contributed by atoms with van der Waals surface area (Å²) in [4.78, 5) is 10.6. The van der Waals surface area contributed by atoms with Gasteiger partial charge in [-0.05, 0) is 6.04 Å². The van der Waals surface area contributed by atoms with Crippen LogP contribution in [0.1, 0.15) is 13.3 Å². The van der Waals surface area contributed by atoms with Gasteiger partial charge in [0.1, 0.15) is 5.91 Å². The molecule has 0 bridgehead atoms. The second kappa shape index (κ2) is 4.28. The fraction of sp³-hybridized carbons (Fsp3) is 0.600. The van der Waals surface area contributed by atoms with E-state index in [0.29, 0.717) is 11.5 Å². The number of thiocarbonyl (C=S) groups is 1. The molecular weight excluding hydrogens is 159 g/mol. The summed E-state index contributed by atoms with van der Waals surface area (Å²) in [6, 6.07) is 0.0613. The standard InChI is InChI=1S/C5H8N2OS.Na/c1-3-2-4(8)7-5(9)6-3;/h3H,2H2,1H3,(H2,6,7,8,9);/q;+1/p-1. The predicted octanol–water partition coefficient (Wildman–Crippen LogP) is -2.44. The number of amides is 1. The van der Waals surface area contributed by atoms with E-state index < -0.39 is 0 Å². The smallest absolute Gasteiger partial charge is 0.453 e. The summed E-state index contributed by atoms with van der Waals surface area (Å²) < 4.78 is 0. The van der Waals surface area contributed by atoms with Crippen LogP contribution in [-0.2, 0) is 4.79 Å². The maximum absolute atomic E-state index is 10.6. The molecule has 3 nitrogen and oxygen atoms in total. The Labute approximate surface area is 87.2 Å². The first kappa shape index (κ1) is 10.4. The largest absolute Gasteiger partial charge is 1.00 e. The van der Waals surface area contributed by atoms with Crippen molar-refractivity contribution in [2.24, 2.45) is 0 Å². The van der Waals surface area contributed by atoms with Crippen molar-refractivity contribution in [3.63, 3.8) is 0 Å². The minimum Gasteiger partial charge on any atom is -0.453 e. The van der Waals surface area contributed by atoms with Crippen molar-refractivity contribution >= 4 is 23.2 Å². The Morgan fingerprint density at radius 2 is 2.40 bits per heavy atom. The molecule has 1 amide bonds. The molecule has 1 rings (SSSR count). The maximum atomic E-state index is 10.6. The molecule has 1 fully saturated rings. The first-order valence-electron chi connectivity index (χ1n) is 2.73. The van der Waals surface area contributed by atoms with Crippen LogP contribution in [0, 0.1) is 0 Å². The van der Waals surface area contributed by atoms with Crippen LogP contribution in [0.3, 0.4) is 0 Å². The van der Waals surface area contributed by atoms with Crippen molar-refractivity contribution in [2.75, 3.05) is 0 Å². The summed E-state index contributed by atoms with van der Waals surface area (Å²) in [6.45, 7) is 1.87. The fourth-order valence-electron chi connectivity index (χ4n) is 0.717. The minimum absolute atomic E-state index is 0. The molecule has 0 aromatic rings. The van der Waals surface area contributed by atoms with Crippen molar-refractivity contribution in [1.82, 2.24) is 5.32 Å². The molecule has 0 aromatic heterocycles. The quantitative estimate of drug-likeness (QED) is 0.321. The van der Waals surface area contributed by atoms with Gasteiger partial charge in [-0.1, -0.05) is 19.1 Å². The summed E-state index contributed by atoms with van der Waals surface area (Å²) in [5.41, 5.74) is 0. The van der Waals surface area contributed by atoms with Crippen LogP contribution in [0.25, 0.3) is 5.32 Å². The van der Waals surface area contributed by atoms with E-state index in [1.54, 1.807) is 0 Å². The summed E-state index contributed by atoms with van der Waals surface area (Å²) in [6.07, 6.45) is 0.458. The van der Waals surface area contributed by atoms with Gasteiger partial charge in [-0.2, -0.15) is 0 Å². The molecule has 1 atom stereocenters. The van der Waals surface area contributed by atoms with Crippen molar-refractivity contribution in [3.05, 3.63) is 5.32 Å². The molecule has 10 heavy (non-hydrogen) atoms. The van der Waals surface area contributed by atoms with Gasteiger partial charge in [0.05, 0.1) is 0 Å². The first-order valence-corrected chi connectivity index (χ1v) is 3.14. The Hall–Kier alpha value is 0.360. The van der Waals surface area contributed by atoms with E-state index in [1.807, 2.05) is 6.92 Å². The molecule has 1 aliphatic heterocycles. The average Bonchev–Trinajstić information content (AvgIpc) is 1.59. The van der Waals surface area contributed by atoms with Crippen molar-refractivity contribution in [3.8, 4) is 0 Å². The van der Waals surface area contributed by atoms with Gasteiger partial charge in [0, 0.05) is 11.5 Å². The van der Waals surface area contributed by atoms with Gasteiger partial charge in [0.25, 0.3) is 0 Å². The Morgan fingerprint density at radius 1 is 1.80 bits per heavy atom. The van der Waals surface area contributed by atoms with Gasteiger partial charge in [-0.15, -0.1) is 0 Å². The fourth-order valence-corrected chi connectivity index (χ4v) is 1.01. The third-order valence-corrected chi connectivity index (χ3v) is 1.27. The molecule has 0 radical (unpaired) electrons. The average molecular weight is 166 g/mol. The number of rotatable bonds is 0. The third-order valence-electron chi connectivity index (χ3n) is 1.06. The molecule has 1 N–H and O–H groups in total. The molecule has 50 valence electrons. The Balaban J connectivity index is 0.000000810. The Morgan fingerprint density at radius 3 is 2.80 bits per heavy atom. The molecular formula is C5H7N2NaOS. The molecule has 1 saturated heterocycles. The van der Waals surface area contributed by atoms with Crippen molar-refractivity contribution in [1.29, 1.82) is 0 Å². The van der Waals surface area contributed by atoms with Gasteiger partial charge >= 0.3 is 29.6 Å². The van der Waals surface area contributed by atoms with Crippen LogP contribution in [0.5, 0.6) is 0 Å². The van der Waals surface area contributed by atoms with Crippen molar-refractivity contribution in [2.45, 2.75) is 19.4 Å². The molecule has 0 aliphatic carbocycles. The third kappa shape index (κ3) is 2.96. The van der Waals surface area contributed by atoms with E-state index in [-0.39, 0.29) is 41.5 Å². The minimum atomic E-state index is -0.0255. The molecule has 1 heterocycles. The summed E-state index contributed by atoms with van der Waals surface area (Å²) >= 11 is 4.66. The Bertz CT molecular complexity index is 146. The number of nitrogens with zero attached hydrogens (tertiary/aromatic N) is 1. The molecule has 1 unspecified atom stereocenters. The van der Waals surface area contributed by atoms with E-state index in [2.05, 4.69) is 22.9 Å². The summed E-state index contributed by atoms with van der Waals surface area (Å²) in [5.74, 6) is -0.0255. The first-order chi connectivity index (χ1) is 4.18. The molecule has 0 saturated carbocycles. The molecule has 1 aliphatic rings. The van der Waals surface area contributed by atoms with Gasteiger partial charge in [0.2, 0.25) is 0 Å². The second-order valence-electron chi connectivity index (χ2n) is 2.04.